The topological polar surface area (TPSA) is 115 Å². The molecule has 2 atom stereocenters. The first kappa shape index (κ1) is 14.4. The van der Waals surface area contributed by atoms with Crippen LogP contribution in [0.2, 0.25) is 0 Å². The van der Waals surface area contributed by atoms with Gasteiger partial charge in [-0.25, -0.2) is 0 Å². The van der Waals surface area contributed by atoms with E-state index in [1.807, 2.05) is 0 Å². The van der Waals surface area contributed by atoms with Gasteiger partial charge < -0.3 is 20.2 Å². The van der Waals surface area contributed by atoms with Crippen molar-refractivity contribution in [1.29, 1.82) is 0 Å². The molecular weight excluding hydrogens is 290 g/mol. The van der Waals surface area contributed by atoms with Crippen LogP contribution in [0, 0.1) is 10.8 Å². The highest BCUT2D eigenvalue weighted by Crippen LogP contribution is 2.68. The van der Waals surface area contributed by atoms with Crippen LogP contribution in [0.3, 0.4) is 0 Å². The van der Waals surface area contributed by atoms with E-state index in [-0.39, 0.29) is 37.6 Å². The number of hydrogen-bond acceptors (Lipinski definition) is 4. The number of hydrogen-bond donors (Lipinski definition) is 3. The Kier molecular flexibility index (Phi) is 2.91. The van der Waals surface area contributed by atoms with Crippen LogP contribution in [0.15, 0.2) is 24.3 Å². The third kappa shape index (κ3) is 1.85. The lowest BCUT2D eigenvalue weighted by molar-refractivity contribution is -0.151. The summed E-state index contributed by atoms with van der Waals surface area (Å²) in [6, 6.07) is 6.12. The molecule has 0 spiro atoms. The number of nitrogens with zero attached hydrogens (tertiary/aromatic N) is 1. The Balaban J connectivity index is 1.75. The highest BCUT2D eigenvalue weighted by molar-refractivity contribution is 5.96. The van der Waals surface area contributed by atoms with Crippen molar-refractivity contribution in [3.05, 3.63) is 29.8 Å². The molecular formula is C15H15NO6. The molecule has 1 saturated carbocycles. The van der Waals surface area contributed by atoms with E-state index in [0.717, 1.165) is 0 Å². The van der Waals surface area contributed by atoms with Crippen molar-refractivity contribution in [2.75, 3.05) is 13.1 Å². The van der Waals surface area contributed by atoms with Crippen LogP contribution < -0.4 is 0 Å². The summed E-state index contributed by atoms with van der Waals surface area (Å²) in [5, 5.41) is 27.8. The van der Waals surface area contributed by atoms with Gasteiger partial charge in [0.15, 0.2) is 0 Å². The molecule has 116 valence electrons. The lowest BCUT2D eigenvalue weighted by Gasteiger charge is -2.20. The van der Waals surface area contributed by atoms with Crippen LogP contribution in [0.25, 0.3) is 0 Å². The lowest BCUT2D eigenvalue weighted by atomic mass is 9.97. The van der Waals surface area contributed by atoms with Gasteiger partial charge in [0.2, 0.25) is 5.91 Å². The Labute approximate surface area is 125 Å². The molecule has 1 aromatic carbocycles. The van der Waals surface area contributed by atoms with Gasteiger partial charge in [-0.05, 0) is 24.1 Å². The summed E-state index contributed by atoms with van der Waals surface area (Å²) in [6.45, 7) is -0.128. The summed E-state index contributed by atoms with van der Waals surface area (Å²) in [5.41, 5.74) is -2.01. The molecule has 1 aliphatic carbocycles. The number of phenolic OH excluding ortho intramolecular Hbond substituents is 1. The van der Waals surface area contributed by atoms with E-state index < -0.39 is 22.8 Å². The SMILES string of the molecule is O=C(Cc1ccc(O)cc1)N1C[C@@]2(C(=O)O)C[C@@]2(C(=O)O)C1. The predicted octanol–water partition coefficient (Wildman–Crippen LogP) is 0.323. The third-order valence-electron chi connectivity index (χ3n) is 4.78. The number of benzene rings is 1. The predicted molar refractivity (Wildman–Crippen MR) is 73.1 cm³/mol. The summed E-state index contributed by atoms with van der Waals surface area (Å²) >= 11 is 0. The molecule has 1 heterocycles. The summed E-state index contributed by atoms with van der Waals surface area (Å²) in [7, 11) is 0. The van der Waals surface area contributed by atoms with Crippen LogP contribution in [0.5, 0.6) is 5.75 Å². The minimum Gasteiger partial charge on any atom is -0.508 e. The van der Waals surface area contributed by atoms with E-state index in [4.69, 9.17) is 0 Å². The highest BCUT2D eigenvalue weighted by atomic mass is 16.4. The van der Waals surface area contributed by atoms with E-state index in [1.54, 1.807) is 12.1 Å². The largest absolute Gasteiger partial charge is 0.508 e. The van der Waals surface area contributed by atoms with Gasteiger partial charge in [-0.15, -0.1) is 0 Å². The molecule has 1 saturated heterocycles. The molecule has 0 unspecified atom stereocenters. The molecule has 22 heavy (non-hydrogen) atoms. The quantitative estimate of drug-likeness (QED) is 0.738. The normalized spacial score (nSPS) is 29.0. The molecule has 3 rings (SSSR count). The van der Waals surface area contributed by atoms with Gasteiger partial charge in [-0.2, -0.15) is 0 Å². The molecule has 0 radical (unpaired) electrons. The summed E-state index contributed by atoms with van der Waals surface area (Å²) < 4.78 is 0. The Morgan fingerprint density at radius 3 is 1.95 bits per heavy atom. The minimum absolute atomic E-state index is 0.0473. The number of amides is 1. The van der Waals surface area contributed by atoms with E-state index in [1.165, 1.54) is 17.0 Å². The van der Waals surface area contributed by atoms with E-state index in [2.05, 4.69) is 0 Å². The summed E-state index contributed by atoms with van der Waals surface area (Å²) in [5.74, 6) is -2.53. The first-order chi connectivity index (χ1) is 10.3. The molecule has 1 aliphatic heterocycles. The fraction of sp³-hybridized carbons (Fsp3) is 0.400. The van der Waals surface area contributed by atoms with Gasteiger partial charge in [-0.3, -0.25) is 14.4 Å². The zero-order valence-corrected chi connectivity index (χ0v) is 11.7. The molecule has 7 nitrogen and oxygen atoms in total. The van der Waals surface area contributed by atoms with Gasteiger partial charge in [0.25, 0.3) is 0 Å². The van der Waals surface area contributed by atoms with Crippen LogP contribution in [-0.4, -0.2) is 51.2 Å². The average Bonchev–Trinajstić information content (AvgIpc) is 3.00. The second-order valence-electron chi connectivity index (χ2n) is 6.04. The molecule has 0 aromatic heterocycles. The smallest absolute Gasteiger partial charge is 0.312 e. The second-order valence-corrected chi connectivity index (χ2v) is 6.04. The maximum Gasteiger partial charge on any atom is 0.312 e. The summed E-state index contributed by atoms with van der Waals surface area (Å²) in [4.78, 5) is 36.4. The minimum atomic E-state index is -1.34. The van der Waals surface area contributed by atoms with Crippen LogP contribution >= 0.6 is 0 Å². The first-order valence-electron chi connectivity index (χ1n) is 6.83. The molecule has 3 N–H and O–H groups in total. The number of piperidine rings is 1. The molecule has 1 aromatic rings. The number of aromatic hydroxyl groups is 1. The Morgan fingerprint density at radius 2 is 1.50 bits per heavy atom. The molecule has 0 bridgehead atoms. The molecule has 1 amide bonds. The average molecular weight is 305 g/mol. The zero-order valence-electron chi connectivity index (χ0n) is 11.7. The van der Waals surface area contributed by atoms with Crippen molar-refractivity contribution in [1.82, 2.24) is 4.90 Å². The molecule has 7 heteroatoms. The van der Waals surface area contributed by atoms with Gasteiger partial charge in [0.05, 0.1) is 6.42 Å². The van der Waals surface area contributed by atoms with Crippen molar-refractivity contribution in [2.24, 2.45) is 10.8 Å². The van der Waals surface area contributed by atoms with Crippen molar-refractivity contribution in [3.8, 4) is 5.75 Å². The second kappa shape index (κ2) is 4.46. The van der Waals surface area contributed by atoms with Crippen LogP contribution in [0.4, 0.5) is 0 Å². The van der Waals surface area contributed by atoms with Crippen molar-refractivity contribution in [2.45, 2.75) is 12.8 Å². The number of carbonyl (C=O) groups is 3. The van der Waals surface area contributed by atoms with Gasteiger partial charge in [0, 0.05) is 13.1 Å². The number of carboxylic acids is 2. The Bertz CT molecular complexity index is 641. The number of fused-ring (bicyclic) bond motifs is 1. The maximum absolute atomic E-state index is 12.3. The zero-order chi connectivity index (χ0) is 16.1. The fourth-order valence-electron chi connectivity index (χ4n) is 3.37. The van der Waals surface area contributed by atoms with Crippen LogP contribution in [0.1, 0.15) is 12.0 Å². The summed E-state index contributed by atoms with van der Waals surface area (Å²) in [6.07, 6.45) is 0.124. The molecule has 2 fully saturated rings. The van der Waals surface area contributed by atoms with Crippen LogP contribution in [-0.2, 0) is 20.8 Å². The van der Waals surface area contributed by atoms with Crippen molar-refractivity contribution in [3.63, 3.8) is 0 Å². The number of likely N-dealkylation sites (tertiary alicyclic amines) is 1. The molecule has 2 aliphatic rings. The van der Waals surface area contributed by atoms with Gasteiger partial charge in [-0.1, -0.05) is 12.1 Å². The van der Waals surface area contributed by atoms with Gasteiger partial charge >= 0.3 is 11.9 Å². The number of rotatable bonds is 4. The van der Waals surface area contributed by atoms with Crippen molar-refractivity contribution >= 4 is 17.8 Å². The number of carbonyl (C=O) groups excluding carboxylic acids is 1. The fourth-order valence-corrected chi connectivity index (χ4v) is 3.37. The van der Waals surface area contributed by atoms with E-state index in [9.17, 15) is 29.7 Å². The lowest BCUT2D eigenvalue weighted by Crippen LogP contribution is -2.35. The van der Waals surface area contributed by atoms with E-state index >= 15 is 0 Å². The Morgan fingerprint density at radius 1 is 1.00 bits per heavy atom. The van der Waals surface area contributed by atoms with Gasteiger partial charge in [0.1, 0.15) is 16.6 Å². The highest BCUT2D eigenvalue weighted by Gasteiger charge is 2.81. The number of phenols is 1. The number of carboxylic acid groups (broad SMARTS) is 2. The Hall–Kier alpha value is -2.57. The maximum atomic E-state index is 12.3. The van der Waals surface area contributed by atoms with Crippen molar-refractivity contribution < 1.29 is 29.7 Å². The number of aliphatic carboxylic acids is 2. The standard InChI is InChI=1S/C15H15NO6/c17-10-3-1-9(2-4-10)5-11(18)16-7-14(12(19)20)6-15(14,8-16)13(21)22/h1-4,17H,5-8H2,(H,19,20)(H,21,22)/t14-,15+. The third-order valence-corrected chi connectivity index (χ3v) is 4.78. The first-order valence-corrected chi connectivity index (χ1v) is 6.83. The monoisotopic (exact) mass is 305 g/mol. The van der Waals surface area contributed by atoms with E-state index in [0.29, 0.717) is 5.56 Å².